The van der Waals surface area contributed by atoms with Crippen molar-refractivity contribution in [1.29, 1.82) is 0 Å². The standard InChI is InChI=1S/C27H32O5/c1-17-8-11-23-26(2,13-12-24(30)27(23,3)16-28)21(17)10-9-19-15-20(32-25(19)31)14-18-6-4-5-7-22(18)29/h4-10,14-15,21,23-24,28-30H,11-13,16H2,1-3H3/b10-9+,20-14-/t21-,23+,24-,26+,27+/m1/s1. The molecular weight excluding hydrogens is 404 g/mol. The third-order valence-corrected chi connectivity index (χ3v) is 7.97. The van der Waals surface area contributed by atoms with Gasteiger partial charge in [0.05, 0.1) is 18.3 Å². The number of hydrogen-bond acceptors (Lipinski definition) is 5. The lowest BCUT2D eigenvalue weighted by atomic mass is 9.47. The van der Waals surface area contributed by atoms with E-state index in [-0.39, 0.29) is 29.6 Å². The predicted molar refractivity (Wildman–Crippen MR) is 123 cm³/mol. The summed E-state index contributed by atoms with van der Waals surface area (Å²) in [4.78, 5) is 12.4. The van der Waals surface area contributed by atoms with Gasteiger partial charge in [-0.2, -0.15) is 0 Å². The molecule has 5 nitrogen and oxygen atoms in total. The van der Waals surface area contributed by atoms with Gasteiger partial charge in [-0.1, -0.05) is 55.8 Å². The Balaban J connectivity index is 1.62. The van der Waals surface area contributed by atoms with Gasteiger partial charge in [0.15, 0.2) is 0 Å². The fraction of sp³-hybridized carbons (Fsp3) is 0.444. The molecule has 0 bridgehead atoms. The van der Waals surface area contributed by atoms with E-state index in [0.717, 1.165) is 12.8 Å². The number of aliphatic hydroxyl groups excluding tert-OH is 2. The highest BCUT2D eigenvalue weighted by atomic mass is 16.5. The summed E-state index contributed by atoms with van der Waals surface area (Å²) in [7, 11) is 0. The number of phenolic OH excluding ortho intramolecular Hbond substituents is 1. The van der Waals surface area contributed by atoms with Crippen molar-refractivity contribution in [2.24, 2.45) is 22.7 Å². The Morgan fingerprint density at radius 1 is 1.25 bits per heavy atom. The third-order valence-electron chi connectivity index (χ3n) is 7.97. The molecule has 1 heterocycles. The lowest BCUT2D eigenvalue weighted by Crippen LogP contribution is -2.56. The van der Waals surface area contributed by atoms with E-state index in [0.29, 0.717) is 23.3 Å². The quantitative estimate of drug-likeness (QED) is 0.477. The Labute approximate surface area is 189 Å². The molecule has 1 aliphatic heterocycles. The summed E-state index contributed by atoms with van der Waals surface area (Å²) in [6.45, 7) is 6.30. The number of allylic oxidation sites excluding steroid dienone is 4. The maximum absolute atomic E-state index is 12.4. The molecule has 1 saturated carbocycles. The number of phenols is 1. The van der Waals surface area contributed by atoms with Gasteiger partial charge < -0.3 is 20.1 Å². The lowest BCUT2D eigenvalue weighted by Gasteiger charge is -2.58. The normalized spacial score (nSPS) is 36.1. The van der Waals surface area contributed by atoms with Crippen LogP contribution in [0.15, 0.2) is 65.5 Å². The lowest BCUT2D eigenvalue weighted by molar-refractivity contribution is -0.138. The number of cyclic esters (lactones) is 1. The second-order valence-electron chi connectivity index (χ2n) is 9.89. The molecule has 0 saturated heterocycles. The van der Waals surface area contributed by atoms with Gasteiger partial charge in [0.1, 0.15) is 11.5 Å². The van der Waals surface area contributed by atoms with Crippen molar-refractivity contribution in [1.82, 2.24) is 0 Å². The van der Waals surface area contributed by atoms with Crippen LogP contribution in [0.1, 0.15) is 45.6 Å². The van der Waals surface area contributed by atoms with Gasteiger partial charge in [0.2, 0.25) is 0 Å². The molecule has 0 unspecified atom stereocenters. The Morgan fingerprint density at radius 3 is 2.72 bits per heavy atom. The van der Waals surface area contributed by atoms with E-state index in [9.17, 15) is 20.1 Å². The fourth-order valence-corrected chi connectivity index (χ4v) is 5.94. The molecule has 170 valence electrons. The van der Waals surface area contributed by atoms with Crippen molar-refractivity contribution in [3.05, 3.63) is 71.0 Å². The first-order valence-electron chi connectivity index (χ1n) is 11.3. The van der Waals surface area contributed by atoms with Crippen molar-refractivity contribution in [2.45, 2.75) is 46.1 Å². The number of rotatable bonds is 4. The number of carbonyl (C=O) groups excluding carboxylic acids is 1. The number of esters is 1. The molecule has 2 aliphatic carbocycles. The fourth-order valence-electron chi connectivity index (χ4n) is 5.94. The molecule has 32 heavy (non-hydrogen) atoms. The van der Waals surface area contributed by atoms with E-state index in [1.54, 1.807) is 30.4 Å². The second-order valence-corrected chi connectivity index (χ2v) is 9.89. The minimum absolute atomic E-state index is 0.0459. The number of aromatic hydroxyl groups is 1. The molecule has 3 N–H and O–H groups in total. The summed E-state index contributed by atoms with van der Waals surface area (Å²) >= 11 is 0. The zero-order valence-electron chi connectivity index (χ0n) is 18.9. The predicted octanol–water partition coefficient (Wildman–Crippen LogP) is 4.51. The number of aliphatic hydroxyl groups is 2. The third kappa shape index (κ3) is 3.74. The van der Waals surface area contributed by atoms with E-state index < -0.39 is 17.5 Å². The largest absolute Gasteiger partial charge is 0.507 e. The molecule has 0 radical (unpaired) electrons. The minimum atomic E-state index is -0.546. The molecule has 5 atom stereocenters. The molecule has 1 aromatic carbocycles. The van der Waals surface area contributed by atoms with E-state index >= 15 is 0 Å². The maximum Gasteiger partial charge on any atom is 0.343 e. The van der Waals surface area contributed by atoms with Gasteiger partial charge in [-0.05, 0) is 55.7 Å². The molecular formula is C27H32O5. The Bertz CT molecular complexity index is 1030. The second kappa shape index (κ2) is 8.38. The molecule has 5 heteroatoms. The topological polar surface area (TPSA) is 87.0 Å². The van der Waals surface area contributed by atoms with E-state index in [2.05, 4.69) is 26.0 Å². The maximum atomic E-state index is 12.4. The number of carbonyl (C=O) groups is 1. The molecule has 0 aromatic heterocycles. The molecule has 0 spiro atoms. The monoisotopic (exact) mass is 436 g/mol. The van der Waals surface area contributed by atoms with Crippen LogP contribution in [0.2, 0.25) is 0 Å². The van der Waals surface area contributed by atoms with Crippen LogP contribution < -0.4 is 0 Å². The molecule has 0 amide bonds. The average molecular weight is 437 g/mol. The number of fused-ring (bicyclic) bond motifs is 1. The van der Waals surface area contributed by atoms with Crippen molar-refractivity contribution < 1.29 is 24.9 Å². The van der Waals surface area contributed by atoms with Gasteiger partial charge in [-0.25, -0.2) is 4.79 Å². The van der Waals surface area contributed by atoms with Crippen molar-refractivity contribution >= 4 is 12.0 Å². The zero-order valence-corrected chi connectivity index (χ0v) is 18.9. The number of hydrogen-bond donors (Lipinski definition) is 3. The zero-order chi connectivity index (χ0) is 23.1. The minimum Gasteiger partial charge on any atom is -0.507 e. The van der Waals surface area contributed by atoms with Crippen LogP contribution in [0.3, 0.4) is 0 Å². The first-order valence-corrected chi connectivity index (χ1v) is 11.3. The highest BCUT2D eigenvalue weighted by Crippen LogP contribution is 2.60. The Morgan fingerprint density at radius 2 is 2.00 bits per heavy atom. The highest BCUT2D eigenvalue weighted by Gasteiger charge is 2.56. The van der Waals surface area contributed by atoms with Crippen LogP contribution in [0.5, 0.6) is 5.75 Å². The number of ether oxygens (including phenoxy) is 1. The van der Waals surface area contributed by atoms with Crippen LogP contribution in [0.4, 0.5) is 0 Å². The summed E-state index contributed by atoms with van der Waals surface area (Å²) < 4.78 is 5.38. The van der Waals surface area contributed by atoms with Gasteiger partial charge in [0, 0.05) is 16.9 Å². The first-order chi connectivity index (χ1) is 15.2. The molecule has 4 rings (SSSR count). The van der Waals surface area contributed by atoms with E-state index in [1.165, 1.54) is 5.57 Å². The van der Waals surface area contributed by atoms with Crippen LogP contribution in [-0.4, -0.2) is 34.0 Å². The Hall–Kier alpha value is -2.63. The average Bonchev–Trinajstić information content (AvgIpc) is 3.11. The van der Waals surface area contributed by atoms with Crippen LogP contribution in [0.25, 0.3) is 6.08 Å². The van der Waals surface area contributed by atoms with Crippen LogP contribution >= 0.6 is 0 Å². The summed E-state index contributed by atoms with van der Waals surface area (Å²) in [5.41, 5.74) is 1.63. The number of benzene rings is 1. The van der Waals surface area contributed by atoms with E-state index in [4.69, 9.17) is 4.74 Å². The van der Waals surface area contributed by atoms with E-state index in [1.807, 2.05) is 19.1 Å². The summed E-state index contributed by atoms with van der Waals surface area (Å²) in [6.07, 6.45) is 11.3. The first kappa shape index (κ1) is 22.6. The summed E-state index contributed by atoms with van der Waals surface area (Å²) in [6, 6.07) is 6.89. The smallest absolute Gasteiger partial charge is 0.343 e. The van der Waals surface area contributed by atoms with Crippen LogP contribution in [-0.2, 0) is 9.53 Å². The Kier molecular flexibility index (Phi) is 5.91. The SMILES string of the molecule is CC1=CC[C@@H]2[C@](C)(CO)[C@H](O)CC[C@@]2(C)[C@@H]1/C=C/C1=CC(=C/c2ccccc2O)/OC1=O. The molecule has 3 aliphatic rings. The molecule has 1 fully saturated rings. The summed E-state index contributed by atoms with van der Waals surface area (Å²) in [5.74, 6) is 0.343. The number of para-hydroxylation sites is 1. The van der Waals surface area contributed by atoms with Crippen molar-refractivity contribution in [3.8, 4) is 5.75 Å². The highest BCUT2D eigenvalue weighted by molar-refractivity contribution is 5.96. The van der Waals surface area contributed by atoms with Crippen molar-refractivity contribution in [2.75, 3.05) is 6.61 Å². The summed E-state index contributed by atoms with van der Waals surface area (Å²) in [5, 5.41) is 30.8. The van der Waals surface area contributed by atoms with Gasteiger partial charge in [0.25, 0.3) is 0 Å². The van der Waals surface area contributed by atoms with Crippen molar-refractivity contribution in [3.63, 3.8) is 0 Å². The molecule has 1 aromatic rings. The van der Waals surface area contributed by atoms with Gasteiger partial charge in [-0.3, -0.25) is 0 Å². The van der Waals surface area contributed by atoms with Gasteiger partial charge in [-0.15, -0.1) is 0 Å². The van der Waals surface area contributed by atoms with Crippen LogP contribution in [0, 0.1) is 22.7 Å². The van der Waals surface area contributed by atoms with Gasteiger partial charge >= 0.3 is 5.97 Å².